The summed E-state index contributed by atoms with van der Waals surface area (Å²) < 4.78 is 33.9. The van der Waals surface area contributed by atoms with Crippen molar-refractivity contribution in [2.24, 2.45) is 5.92 Å². The second-order valence-electron chi connectivity index (χ2n) is 7.62. The van der Waals surface area contributed by atoms with Gasteiger partial charge in [0.15, 0.2) is 6.61 Å². The molecule has 0 aromatic heterocycles. The fourth-order valence-corrected chi connectivity index (χ4v) is 4.82. The zero-order valence-corrected chi connectivity index (χ0v) is 20.4. The lowest BCUT2D eigenvalue weighted by Crippen LogP contribution is -2.27. The number of hydrogen-bond acceptors (Lipinski definition) is 4. The van der Waals surface area contributed by atoms with Gasteiger partial charge in [0.2, 0.25) is 10.0 Å². The molecule has 2 aromatic rings. The normalized spacial score (nSPS) is 11.6. The quantitative estimate of drug-likeness (QED) is 0.531. The number of anilines is 1. The van der Waals surface area contributed by atoms with E-state index in [0.717, 1.165) is 27.7 Å². The molecule has 0 saturated heterocycles. The fourth-order valence-electron chi connectivity index (χ4n) is 2.90. The Bertz CT molecular complexity index is 1020. The van der Waals surface area contributed by atoms with Gasteiger partial charge in [-0.1, -0.05) is 36.7 Å². The lowest BCUT2D eigenvalue weighted by atomic mass is 10.1. The summed E-state index contributed by atoms with van der Waals surface area (Å²) in [6.45, 7) is 9.80. The Balaban J connectivity index is 2.05. The van der Waals surface area contributed by atoms with Crippen molar-refractivity contribution in [1.29, 1.82) is 0 Å². The van der Waals surface area contributed by atoms with E-state index in [9.17, 15) is 13.2 Å². The van der Waals surface area contributed by atoms with E-state index in [-0.39, 0.29) is 23.3 Å². The van der Waals surface area contributed by atoms with Gasteiger partial charge in [-0.25, -0.2) is 13.1 Å². The molecule has 0 bridgehead atoms. The van der Waals surface area contributed by atoms with Crippen LogP contribution in [0, 0.1) is 19.8 Å². The van der Waals surface area contributed by atoms with Crippen LogP contribution in [0.3, 0.4) is 0 Å². The number of benzene rings is 2. The van der Waals surface area contributed by atoms with Crippen LogP contribution in [0.1, 0.15) is 37.5 Å². The number of carbonyl (C=O) groups excluding carboxylic acids is 1. The predicted molar refractivity (Wildman–Crippen MR) is 124 cm³/mol. The molecule has 8 heteroatoms. The van der Waals surface area contributed by atoms with Crippen molar-refractivity contribution in [2.75, 3.05) is 18.5 Å². The second kappa shape index (κ2) is 10.4. The minimum atomic E-state index is -3.57. The maximum atomic E-state index is 12.4. The fraction of sp³-hybridized carbons (Fsp3) is 0.409. The number of ether oxygens (including phenoxy) is 1. The van der Waals surface area contributed by atoms with Gasteiger partial charge in [0.25, 0.3) is 5.91 Å². The highest BCUT2D eigenvalue weighted by atomic mass is 79.9. The Morgan fingerprint density at radius 1 is 1.13 bits per heavy atom. The standard InChI is InChI=1S/C22H29BrN2O4S/c1-6-17-11-18(23)9-16(5)22(17)25-21(26)13-29-20-8-7-19(10-15(20)4)30(27,28)24-12-14(2)3/h7-11,14,24H,6,12-13H2,1-5H3,(H,25,26). The van der Waals surface area contributed by atoms with E-state index in [1.165, 1.54) is 6.07 Å². The van der Waals surface area contributed by atoms with Gasteiger partial charge in [-0.15, -0.1) is 0 Å². The Morgan fingerprint density at radius 2 is 1.83 bits per heavy atom. The van der Waals surface area contributed by atoms with Crippen molar-refractivity contribution < 1.29 is 17.9 Å². The summed E-state index contributed by atoms with van der Waals surface area (Å²) in [4.78, 5) is 12.6. The van der Waals surface area contributed by atoms with Gasteiger partial charge in [0, 0.05) is 16.7 Å². The van der Waals surface area contributed by atoms with Crippen LogP contribution < -0.4 is 14.8 Å². The third-order valence-corrected chi connectivity index (χ3v) is 6.40. The van der Waals surface area contributed by atoms with Crippen molar-refractivity contribution in [3.63, 3.8) is 0 Å². The number of aryl methyl sites for hydroxylation is 3. The first kappa shape index (κ1) is 24.4. The summed E-state index contributed by atoms with van der Waals surface area (Å²) in [6, 6.07) is 8.54. The van der Waals surface area contributed by atoms with Crippen LogP contribution in [0.4, 0.5) is 5.69 Å². The molecule has 0 saturated carbocycles. The van der Waals surface area contributed by atoms with Gasteiger partial charge in [-0.2, -0.15) is 0 Å². The molecule has 0 atom stereocenters. The number of sulfonamides is 1. The Morgan fingerprint density at radius 3 is 2.43 bits per heavy atom. The molecular weight excluding hydrogens is 468 g/mol. The first-order chi connectivity index (χ1) is 14.0. The molecule has 0 fully saturated rings. The molecule has 30 heavy (non-hydrogen) atoms. The summed E-state index contributed by atoms with van der Waals surface area (Å²) in [5, 5.41) is 2.92. The zero-order valence-electron chi connectivity index (χ0n) is 18.0. The van der Waals surface area contributed by atoms with Gasteiger partial charge in [-0.05, 0) is 73.2 Å². The van der Waals surface area contributed by atoms with E-state index in [4.69, 9.17) is 4.74 Å². The van der Waals surface area contributed by atoms with E-state index in [1.807, 2.05) is 39.8 Å². The lowest BCUT2D eigenvalue weighted by molar-refractivity contribution is -0.118. The Kier molecular flexibility index (Phi) is 8.46. The van der Waals surface area contributed by atoms with Crippen LogP contribution in [-0.2, 0) is 21.2 Å². The van der Waals surface area contributed by atoms with E-state index in [2.05, 4.69) is 26.0 Å². The average molecular weight is 497 g/mol. The van der Waals surface area contributed by atoms with E-state index in [0.29, 0.717) is 17.9 Å². The highest BCUT2D eigenvalue weighted by Gasteiger charge is 2.16. The highest BCUT2D eigenvalue weighted by molar-refractivity contribution is 9.10. The molecule has 0 aliphatic rings. The third-order valence-electron chi connectivity index (χ3n) is 4.52. The maximum absolute atomic E-state index is 12.4. The number of halogens is 1. The molecular formula is C22H29BrN2O4S. The number of rotatable bonds is 9. The van der Waals surface area contributed by atoms with Crippen LogP contribution in [0.5, 0.6) is 5.75 Å². The van der Waals surface area contributed by atoms with Crippen molar-refractivity contribution in [2.45, 2.75) is 45.9 Å². The van der Waals surface area contributed by atoms with E-state index >= 15 is 0 Å². The summed E-state index contributed by atoms with van der Waals surface area (Å²) in [5.74, 6) is 0.408. The Hall–Kier alpha value is -1.90. The Labute approximate surface area is 187 Å². The van der Waals surface area contributed by atoms with Gasteiger partial charge >= 0.3 is 0 Å². The van der Waals surface area contributed by atoms with Crippen molar-refractivity contribution in [3.8, 4) is 5.75 Å². The van der Waals surface area contributed by atoms with Crippen LogP contribution in [0.2, 0.25) is 0 Å². The number of hydrogen-bond donors (Lipinski definition) is 2. The molecule has 0 aliphatic carbocycles. The van der Waals surface area contributed by atoms with E-state index < -0.39 is 10.0 Å². The van der Waals surface area contributed by atoms with Gasteiger partial charge in [-0.3, -0.25) is 4.79 Å². The average Bonchev–Trinajstić information content (AvgIpc) is 2.67. The molecule has 0 aliphatic heterocycles. The minimum absolute atomic E-state index is 0.169. The molecule has 6 nitrogen and oxygen atoms in total. The second-order valence-corrected chi connectivity index (χ2v) is 10.3. The molecule has 164 valence electrons. The minimum Gasteiger partial charge on any atom is -0.483 e. The van der Waals surface area contributed by atoms with Gasteiger partial charge in [0.05, 0.1) is 4.90 Å². The molecule has 0 radical (unpaired) electrons. The number of nitrogens with one attached hydrogen (secondary N) is 2. The third kappa shape index (κ3) is 6.55. The topological polar surface area (TPSA) is 84.5 Å². The summed E-state index contributed by atoms with van der Waals surface area (Å²) >= 11 is 3.48. The zero-order chi connectivity index (χ0) is 22.5. The van der Waals surface area contributed by atoms with Crippen molar-refractivity contribution >= 4 is 37.5 Å². The van der Waals surface area contributed by atoms with Crippen LogP contribution in [0.25, 0.3) is 0 Å². The van der Waals surface area contributed by atoms with Crippen molar-refractivity contribution in [1.82, 2.24) is 4.72 Å². The van der Waals surface area contributed by atoms with Crippen LogP contribution in [0.15, 0.2) is 39.7 Å². The smallest absolute Gasteiger partial charge is 0.262 e. The monoisotopic (exact) mass is 496 g/mol. The SMILES string of the molecule is CCc1cc(Br)cc(C)c1NC(=O)COc1ccc(S(=O)(=O)NCC(C)C)cc1C. The van der Waals surface area contributed by atoms with Crippen LogP contribution in [-0.4, -0.2) is 27.5 Å². The first-order valence-corrected chi connectivity index (χ1v) is 12.1. The van der Waals surface area contributed by atoms with Crippen LogP contribution >= 0.6 is 15.9 Å². The van der Waals surface area contributed by atoms with Gasteiger partial charge < -0.3 is 10.1 Å². The molecule has 2 aromatic carbocycles. The molecule has 1 amide bonds. The molecule has 2 rings (SSSR count). The maximum Gasteiger partial charge on any atom is 0.262 e. The van der Waals surface area contributed by atoms with Gasteiger partial charge in [0.1, 0.15) is 5.75 Å². The highest BCUT2D eigenvalue weighted by Crippen LogP contribution is 2.27. The summed E-state index contributed by atoms with van der Waals surface area (Å²) in [5.41, 5.74) is 3.44. The molecule has 0 heterocycles. The van der Waals surface area contributed by atoms with E-state index in [1.54, 1.807) is 19.1 Å². The number of amides is 1. The first-order valence-electron chi connectivity index (χ1n) is 9.85. The molecule has 0 unspecified atom stereocenters. The largest absolute Gasteiger partial charge is 0.483 e. The summed E-state index contributed by atoms with van der Waals surface area (Å²) in [6.07, 6.45) is 0.788. The van der Waals surface area contributed by atoms with Crippen molar-refractivity contribution in [3.05, 3.63) is 51.5 Å². The lowest BCUT2D eigenvalue weighted by Gasteiger charge is -2.15. The molecule has 2 N–H and O–H groups in total. The molecule has 0 spiro atoms. The predicted octanol–water partition coefficient (Wildman–Crippen LogP) is 4.58. The summed E-state index contributed by atoms with van der Waals surface area (Å²) in [7, 11) is -3.57. The number of carbonyl (C=O) groups is 1.